The molecular formula is C14H19N3O6. The van der Waals surface area contributed by atoms with Gasteiger partial charge in [-0.05, 0) is 12.8 Å². The van der Waals surface area contributed by atoms with Gasteiger partial charge in [0, 0.05) is 19.4 Å². The number of carboxylic acid groups (broad SMARTS) is 1. The first-order chi connectivity index (χ1) is 11.0. The normalized spacial score (nSPS) is 32.8. The van der Waals surface area contributed by atoms with Crippen molar-refractivity contribution >= 4 is 18.1 Å². The summed E-state index contributed by atoms with van der Waals surface area (Å²) in [5, 5.41) is 11.0. The molecular weight excluding hydrogens is 306 g/mol. The smallest absolute Gasteiger partial charge is 0.405 e. The van der Waals surface area contributed by atoms with E-state index >= 15 is 0 Å². The predicted octanol–water partition coefficient (Wildman–Crippen LogP) is -0.145. The van der Waals surface area contributed by atoms with Crippen molar-refractivity contribution in [3.05, 3.63) is 0 Å². The summed E-state index contributed by atoms with van der Waals surface area (Å²) in [6.45, 7) is 1.46. The molecule has 2 aliphatic heterocycles. The monoisotopic (exact) mass is 325 g/mol. The fourth-order valence-electron chi connectivity index (χ4n) is 3.75. The maximum Gasteiger partial charge on any atom is 0.405 e. The number of ether oxygens (including phenoxy) is 2. The van der Waals surface area contributed by atoms with Crippen molar-refractivity contribution in [3.8, 4) is 0 Å². The van der Waals surface area contributed by atoms with Crippen LogP contribution in [0.3, 0.4) is 0 Å². The number of hydrogen-bond donors (Lipinski definition) is 2. The molecule has 23 heavy (non-hydrogen) atoms. The summed E-state index contributed by atoms with van der Waals surface area (Å²) in [5.74, 6) is -0.990. The predicted molar refractivity (Wildman–Crippen MR) is 75.5 cm³/mol. The minimum Gasteiger partial charge on any atom is -0.465 e. The molecule has 0 radical (unpaired) electrons. The molecule has 2 heterocycles. The van der Waals surface area contributed by atoms with Crippen molar-refractivity contribution in [1.82, 2.24) is 10.2 Å². The van der Waals surface area contributed by atoms with Gasteiger partial charge < -0.3 is 24.8 Å². The van der Waals surface area contributed by atoms with Gasteiger partial charge in [-0.25, -0.2) is 14.6 Å². The molecule has 1 saturated carbocycles. The number of carbonyl (C=O) groups is 2. The summed E-state index contributed by atoms with van der Waals surface area (Å²) >= 11 is 0. The van der Waals surface area contributed by atoms with E-state index in [9.17, 15) is 14.4 Å². The van der Waals surface area contributed by atoms with E-state index in [0.717, 1.165) is 0 Å². The SMILES string of the molecule is O=C=NC1CC2(CCC1N1CC[C@H](NC(=O)O)C1=O)OCCO2. The molecule has 3 atom stereocenters. The van der Waals surface area contributed by atoms with Gasteiger partial charge in [0.05, 0.1) is 25.3 Å². The van der Waals surface area contributed by atoms with Crippen LogP contribution in [-0.2, 0) is 19.1 Å². The van der Waals surface area contributed by atoms with E-state index in [4.69, 9.17) is 14.6 Å². The Balaban J connectivity index is 1.72. The third-order valence-electron chi connectivity index (χ3n) is 4.76. The maximum absolute atomic E-state index is 12.4. The lowest BCUT2D eigenvalue weighted by Crippen LogP contribution is -2.53. The largest absolute Gasteiger partial charge is 0.465 e. The zero-order valence-corrected chi connectivity index (χ0v) is 12.6. The molecule has 1 aliphatic carbocycles. The average Bonchev–Trinajstić information content (AvgIpc) is 3.09. The summed E-state index contributed by atoms with van der Waals surface area (Å²) < 4.78 is 11.3. The van der Waals surface area contributed by atoms with Crippen LogP contribution >= 0.6 is 0 Å². The van der Waals surface area contributed by atoms with Crippen molar-refractivity contribution in [1.29, 1.82) is 0 Å². The molecule has 3 fully saturated rings. The Morgan fingerprint density at radius 3 is 2.78 bits per heavy atom. The highest BCUT2D eigenvalue weighted by molar-refractivity contribution is 5.87. The highest BCUT2D eigenvalue weighted by Gasteiger charge is 2.49. The van der Waals surface area contributed by atoms with Crippen LogP contribution in [0.4, 0.5) is 4.79 Å². The van der Waals surface area contributed by atoms with Crippen LogP contribution < -0.4 is 5.32 Å². The second kappa shape index (κ2) is 6.27. The number of hydrogen-bond acceptors (Lipinski definition) is 6. The van der Waals surface area contributed by atoms with Gasteiger partial charge in [0.2, 0.25) is 12.0 Å². The minimum absolute atomic E-state index is 0.261. The Morgan fingerprint density at radius 1 is 1.39 bits per heavy atom. The number of carbonyl (C=O) groups excluding carboxylic acids is 2. The number of nitrogens with one attached hydrogen (secondary N) is 1. The van der Waals surface area contributed by atoms with E-state index in [-0.39, 0.29) is 11.9 Å². The van der Waals surface area contributed by atoms with Crippen LogP contribution in [0.1, 0.15) is 25.7 Å². The summed E-state index contributed by atoms with van der Waals surface area (Å²) in [6, 6.07) is -1.45. The topological polar surface area (TPSA) is 118 Å². The van der Waals surface area contributed by atoms with Crippen molar-refractivity contribution < 1.29 is 29.0 Å². The molecule has 1 spiro atoms. The molecule has 9 heteroatoms. The molecule has 3 rings (SSSR count). The van der Waals surface area contributed by atoms with Crippen molar-refractivity contribution in [2.75, 3.05) is 19.8 Å². The van der Waals surface area contributed by atoms with Crippen molar-refractivity contribution in [2.24, 2.45) is 4.99 Å². The zero-order valence-electron chi connectivity index (χ0n) is 12.6. The van der Waals surface area contributed by atoms with E-state index in [1.807, 2.05) is 0 Å². The average molecular weight is 325 g/mol. The number of isocyanates is 1. The molecule has 2 amide bonds. The van der Waals surface area contributed by atoms with Gasteiger partial charge in [-0.15, -0.1) is 0 Å². The first-order valence-electron chi connectivity index (χ1n) is 7.69. The van der Waals surface area contributed by atoms with Crippen molar-refractivity contribution in [2.45, 2.75) is 49.6 Å². The molecule has 0 aromatic rings. The van der Waals surface area contributed by atoms with Gasteiger partial charge in [-0.2, -0.15) is 0 Å². The second-order valence-electron chi connectivity index (χ2n) is 6.03. The third-order valence-corrected chi connectivity index (χ3v) is 4.76. The summed E-state index contributed by atoms with van der Waals surface area (Å²) in [4.78, 5) is 39.4. The molecule has 9 nitrogen and oxygen atoms in total. The first kappa shape index (κ1) is 15.9. The lowest BCUT2D eigenvalue weighted by molar-refractivity contribution is -0.188. The Kier molecular flexibility index (Phi) is 4.34. The summed E-state index contributed by atoms with van der Waals surface area (Å²) in [7, 11) is 0. The van der Waals surface area contributed by atoms with E-state index in [0.29, 0.717) is 45.4 Å². The molecule has 0 aromatic heterocycles. The molecule has 2 unspecified atom stereocenters. The minimum atomic E-state index is -1.22. The van der Waals surface area contributed by atoms with Gasteiger partial charge in [0.15, 0.2) is 5.79 Å². The second-order valence-corrected chi connectivity index (χ2v) is 6.03. The maximum atomic E-state index is 12.4. The lowest BCUT2D eigenvalue weighted by atomic mass is 9.85. The van der Waals surface area contributed by atoms with Gasteiger partial charge in [-0.3, -0.25) is 4.79 Å². The highest BCUT2D eigenvalue weighted by atomic mass is 16.7. The van der Waals surface area contributed by atoms with E-state index in [1.165, 1.54) is 0 Å². The van der Waals surface area contributed by atoms with Crippen molar-refractivity contribution in [3.63, 3.8) is 0 Å². The molecule has 0 bridgehead atoms. The number of likely N-dealkylation sites (tertiary alicyclic amines) is 1. The molecule has 2 N–H and O–H groups in total. The van der Waals surface area contributed by atoms with Crippen LogP contribution in [0, 0.1) is 0 Å². The molecule has 2 saturated heterocycles. The number of nitrogens with zero attached hydrogens (tertiary/aromatic N) is 2. The first-order valence-corrected chi connectivity index (χ1v) is 7.69. The van der Waals surface area contributed by atoms with E-state index < -0.39 is 24.0 Å². The van der Waals surface area contributed by atoms with Gasteiger partial charge >= 0.3 is 6.09 Å². The molecule has 3 aliphatic rings. The molecule has 0 aromatic carbocycles. The number of aliphatic imine (C=N–C) groups is 1. The van der Waals surface area contributed by atoms with Gasteiger partial charge in [0.1, 0.15) is 6.04 Å². The summed E-state index contributed by atoms with van der Waals surface area (Å²) in [5.41, 5.74) is 0. The lowest BCUT2D eigenvalue weighted by Gasteiger charge is -2.42. The third kappa shape index (κ3) is 3.08. The van der Waals surface area contributed by atoms with Gasteiger partial charge in [0.25, 0.3) is 0 Å². The van der Waals surface area contributed by atoms with E-state index in [1.54, 1.807) is 11.0 Å². The Labute approximate surface area is 132 Å². The van der Waals surface area contributed by atoms with Crippen LogP contribution in [-0.4, -0.2) is 71.8 Å². The van der Waals surface area contributed by atoms with Crippen LogP contribution in [0.15, 0.2) is 4.99 Å². The standard InChI is InChI=1S/C14H19N3O6/c18-8-15-10-7-14(22-5-6-23-14)3-1-11(10)17-4-2-9(12(17)19)16-13(20)21/h9-11,16H,1-7H2,(H,20,21)/t9-,10?,11?/m0/s1. The fraction of sp³-hybridized carbons (Fsp3) is 0.786. The van der Waals surface area contributed by atoms with Crippen LogP contribution in [0.25, 0.3) is 0 Å². The zero-order chi connectivity index (χ0) is 16.4. The summed E-state index contributed by atoms with van der Waals surface area (Å²) in [6.07, 6.45) is 2.36. The quantitative estimate of drug-likeness (QED) is 0.550. The Hall–Kier alpha value is -1.96. The van der Waals surface area contributed by atoms with E-state index in [2.05, 4.69) is 10.3 Å². The van der Waals surface area contributed by atoms with Crippen LogP contribution in [0.2, 0.25) is 0 Å². The number of rotatable bonds is 3. The van der Waals surface area contributed by atoms with Gasteiger partial charge in [-0.1, -0.05) is 0 Å². The van der Waals surface area contributed by atoms with Crippen LogP contribution in [0.5, 0.6) is 0 Å². The Morgan fingerprint density at radius 2 is 2.13 bits per heavy atom. The highest BCUT2D eigenvalue weighted by Crippen LogP contribution is 2.39. The molecule has 126 valence electrons. The Bertz CT molecular complexity index is 541. The fourth-order valence-corrected chi connectivity index (χ4v) is 3.75. The number of amides is 2.